The molecule has 0 unspecified atom stereocenters. The van der Waals surface area contributed by atoms with Crippen molar-refractivity contribution in [2.75, 3.05) is 13.7 Å². The minimum Gasteiger partial charge on any atom is -0.497 e. The second-order valence-electron chi connectivity index (χ2n) is 8.06. The minimum absolute atomic E-state index is 0.164. The van der Waals surface area contributed by atoms with Gasteiger partial charge in [-0.15, -0.1) is 0 Å². The average Bonchev–Trinajstić information content (AvgIpc) is 3.22. The van der Waals surface area contributed by atoms with Crippen molar-refractivity contribution in [3.8, 4) is 5.75 Å². The SMILES string of the molecule is COc1ccc(CC(=O)NCC(=O)N/N=C/c2cn(Cc3ccc(Cl)cc3Cl)c3ccccc23)cc1. The number of ether oxygens (including phenoxy) is 1. The van der Waals surface area contributed by atoms with Crippen molar-refractivity contribution in [1.82, 2.24) is 15.3 Å². The number of carbonyl (C=O) groups is 2. The highest BCUT2D eigenvalue weighted by atomic mass is 35.5. The maximum Gasteiger partial charge on any atom is 0.259 e. The number of methoxy groups -OCH3 is 1. The number of rotatable bonds is 9. The van der Waals surface area contributed by atoms with Gasteiger partial charge in [-0.25, -0.2) is 5.43 Å². The van der Waals surface area contributed by atoms with E-state index in [0.717, 1.165) is 27.6 Å². The lowest BCUT2D eigenvalue weighted by Crippen LogP contribution is -2.35. The Kier molecular flexibility index (Phi) is 8.25. The molecular formula is C27H24Cl2N4O3. The summed E-state index contributed by atoms with van der Waals surface area (Å²) in [7, 11) is 1.58. The van der Waals surface area contributed by atoms with Gasteiger partial charge in [0.2, 0.25) is 5.91 Å². The highest BCUT2D eigenvalue weighted by molar-refractivity contribution is 6.35. The Morgan fingerprint density at radius 3 is 2.56 bits per heavy atom. The summed E-state index contributed by atoms with van der Waals surface area (Å²) >= 11 is 12.4. The van der Waals surface area contributed by atoms with E-state index in [1.807, 2.05) is 42.6 Å². The lowest BCUT2D eigenvalue weighted by molar-refractivity contribution is -0.125. The van der Waals surface area contributed by atoms with Crippen LogP contribution in [-0.2, 0) is 22.6 Å². The first-order valence-electron chi connectivity index (χ1n) is 11.2. The number of para-hydroxylation sites is 1. The molecule has 0 spiro atoms. The zero-order valence-electron chi connectivity index (χ0n) is 19.5. The van der Waals surface area contributed by atoms with Gasteiger partial charge in [0.15, 0.2) is 0 Å². The molecule has 0 aliphatic heterocycles. The molecule has 0 fully saturated rings. The molecule has 3 aromatic carbocycles. The molecule has 9 heteroatoms. The molecule has 2 N–H and O–H groups in total. The number of hydrazone groups is 1. The van der Waals surface area contributed by atoms with Crippen molar-refractivity contribution in [3.05, 3.63) is 99.7 Å². The Morgan fingerprint density at radius 1 is 1.03 bits per heavy atom. The number of amides is 2. The number of hydrogen-bond donors (Lipinski definition) is 2. The van der Waals surface area contributed by atoms with Crippen molar-refractivity contribution in [1.29, 1.82) is 0 Å². The Labute approximate surface area is 218 Å². The second kappa shape index (κ2) is 11.7. The summed E-state index contributed by atoms with van der Waals surface area (Å²) < 4.78 is 7.17. The van der Waals surface area contributed by atoms with Gasteiger partial charge < -0.3 is 14.6 Å². The van der Waals surface area contributed by atoms with E-state index in [9.17, 15) is 9.59 Å². The lowest BCUT2D eigenvalue weighted by Gasteiger charge is -2.08. The maximum atomic E-state index is 12.2. The van der Waals surface area contributed by atoms with Crippen molar-refractivity contribution < 1.29 is 14.3 Å². The summed E-state index contributed by atoms with van der Waals surface area (Å²) in [4.78, 5) is 24.3. The molecule has 184 valence electrons. The summed E-state index contributed by atoms with van der Waals surface area (Å²) in [6.07, 6.45) is 3.69. The largest absolute Gasteiger partial charge is 0.497 e. The fourth-order valence-electron chi connectivity index (χ4n) is 3.73. The summed E-state index contributed by atoms with van der Waals surface area (Å²) in [6, 6.07) is 20.5. The molecule has 0 saturated carbocycles. The van der Waals surface area contributed by atoms with Gasteiger partial charge in [-0.05, 0) is 41.5 Å². The van der Waals surface area contributed by atoms with Crippen LogP contribution in [0.15, 0.2) is 78.0 Å². The average molecular weight is 523 g/mol. The number of benzene rings is 3. The van der Waals surface area contributed by atoms with E-state index < -0.39 is 5.91 Å². The van der Waals surface area contributed by atoms with Gasteiger partial charge in [-0.2, -0.15) is 5.10 Å². The van der Waals surface area contributed by atoms with E-state index in [2.05, 4.69) is 20.4 Å². The Bertz CT molecular complexity index is 1410. The Balaban J connectivity index is 1.35. The quantitative estimate of drug-likeness (QED) is 0.244. The fourth-order valence-corrected chi connectivity index (χ4v) is 4.19. The maximum absolute atomic E-state index is 12.2. The van der Waals surface area contributed by atoms with Gasteiger partial charge in [-0.3, -0.25) is 9.59 Å². The van der Waals surface area contributed by atoms with E-state index in [1.165, 1.54) is 0 Å². The number of aromatic nitrogens is 1. The van der Waals surface area contributed by atoms with Crippen LogP contribution in [0.3, 0.4) is 0 Å². The van der Waals surface area contributed by atoms with Gasteiger partial charge in [0.05, 0.1) is 26.3 Å². The first kappa shape index (κ1) is 25.3. The Morgan fingerprint density at radius 2 is 1.81 bits per heavy atom. The van der Waals surface area contributed by atoms with Crippen LogP contribution in [0.4, 0.5) is 0 Å². The number of fused-ring (bicyclic) bond motifs is 1. The van der Waals surface area contributed by atoms with Crippen molar-refractivity contribution in [3.63, 3.8) is 0 Å². The van der Waals surface area contributed by atoms with Crippen molar-refractivity contribution in [2.24, 2.45) is 5.10 Å². The standard InChI is InChI=1S/C27H24Cl2N4O3/c1-36-22-10-6-18(7-11-22)12-26(34)30-15-27(35)32-31-14-20-17-33(25-5-3-2-4-23(20)25)16-19-8-9-21(28)13-24(19)29/h2-11,13-14,17H,12,15-16H2,1H3,(H,30,34)(H,32,35)/b31-14+. The number of carbonyl (C=O) groups excluding carboxylic acids is 2. The zero-order valence-corrected chi connectivity index (χ0v) is 21.0. The highest BCUT2D eigenvalue weighted by Gasteiger charge is 2.10. The molecule has 4 aromatic rings. The zero-order chi connectivity index (χ0) is 25.5. The highest BCUT2D eigenvalue weighted by Crippen LogP contribution is 2.25. The summed E-state index contributed by atoms with van der Waals surface area (Å²) in [5, 5.41) is 8.83. The van der Waals surface area contributed by atoms with Crippen LogP contribution in [0.5, 0.6) is 5.75 Å². The monoisotopic (exact) mass is 522 g/mol. The van der Waals surface area contributed by atoms with Gasteiger partial charge in [0.25, 0.3) is 5.91 Å². The molecule has 0 atom stereocenters. The van der Waals surface area contributed by atoms with E-state index in [4.69, 9.17) is 27.9 Å². The van der Waals surface area contributed by atoms with E-state index in [-0.39, 0.29) is 18.9 Å². The van der Waals surface area contributed by atoms with E-state index >= 15 is 0 Å². The molecule has 0 aliphatic rings. The number of hydrogen-bond acceptors (Lipinski definition) is 4. The molecule has 0 aliphatic carbocycles. The van der Waals surface area contributed by atoms with Crippen molar-refractivity contribution >= 4 is 52.1 Å². The predicted molar refractivity (Wildman–Crippen MR) is 143 cm³/mol. The first-order chi connectivity index (χ1) is 17.4. The molecule has 0 radical (unpaired) electrons. The number of nitrogens with one attached hydrogen (secondary N) is 2. The normalized spacial score (nSPS) is 11.1. The molecule has 0 bridgehead atoms. The van der Waals surface area contributed by atoms with Crippen LogP contribution in [0, 0.1) is 0 Å². The van der Waals surface area contributed by atoms with Gasteiger partial charge in [0.1, 0.15) is 5.75 Å². The van der Waals surface area contributed by atoms with Gasteiger partial charge in [-0.1, -0.05) is 59.6 Å². The van der Waals surface area contributed by atoms with Crippen LogP contribution in [0.25, 0.3) is 10.9 Å². The summed E-state index contributed by atoms with van der Waals surface area (Å²) in [6.45, 7) is 0.375. The first-order valence-corrected chi connectivity index (χ1v) is 11.9. The van der Waals surface area contributed by atoms with Gasteiger partial charge >= 0.3 is 0 Å². The van der Waals surface area contributed by atoms with Crippen LogP contribution >= 0.6 is 23.2 Å². The summed E-state index contributed by atoms with van der Waals surface area (Å²) in [5.74, 6) is 0.0301. The van der Waals surface area contributed by atoms with Crippen LogP contribution in [0.1, 0.15) is 16.7 Å². The van der Waals surface area contributed by atoms with E-state index in [0.29, 0.717) is 22.3 Å². The predicted octanol–water partition coefficient (Wildman–Crippen LogP) is 4.81. The van der Waals surface area contributed by atoms with Crippen LogP contribution < -0.4 is 15.5 Å². The third-order valence-electron chi connectivity index (χ3n) is 5.54. The molecule has 7 nitrogen and oxygen atoms in total. The van der Waals surface area contributed by atoms with Crippen LogP contribution in [0.2, 0.25) is 10.0 Å². The molecular weight excluding hydrogens is 499 g/mol. The smallest absolute Gasteiger partial charge is 0.259 e. The lowest BCUT2D eigenvalue weighted by atomic mass is 10.1. The van der Waals surface area contributed by atoms with Gasteiger partial charge in [0, 0.05) is 39.3 Å². The van der Waals surface area contributed by atoms with Crippen molar-refractivity contribution in [2.45, 2.75) is 13.0 Å². The Hall–Kier alpha value is -3.81. The number of nitrogens with zero attached hydrogens (tertiary/aromatic N) is 2. The third-order valence-corrected chi connectivity index (χ3v) is 6.12. The molecule has 36 heavy (non-hydrogen) atoms. The molecule has 0 saturated heterocycles. The fraction of sp³-hybridized carbons (Fsp3) is 0.148. The summed E-state index contributed by atoms with van der Waals surface area (Å²) in [5.41, 5.74) is 6.05. The molecule has 1 heterocycles. The third kappa shape index (κ3) is 6.44. The molecule has 2 amide bonds. The van der Waals surface area contributed by atoms with E-state index in [1.54, 1.807) is 43.7 Å². The molecule has 4 rings (SSSR count). The topological polar surface area (TPSA) is 84.7 Å². The molecule has 1 aromatic heterocycles. The van der Waals surface area contributed by atoms with Crippen LogP contribution in [-0.4, -0.2) is 36.3 Å². The second-order valence-corrected chi connectivity index (χ2v) is 8.90. The number of halogens is 2. The minimum atomic E-state index is -0.425.